The standard InChI is InChI=1S/C29H23NO4/c1-33-24-18-16-21(17-19-24)20-27-28(31)34-29(32,22-10-4-2-5-11-22)25-14-8-9-15-26(25)30(27)23-12-6-3-7-13-23/h2-20,32H,1H3/b27-20+/t29-/m0/s1. The van der Waals surface area contributed by atoms with Crippen molar-refractivity contribution < 1.29 is 19.4 Å². The maximum Gasteiger partial charge on any atom is 0.358 e. The fourth-order valence-electron chi connectivity index (χ4n) is 4.13. The Hall–Kier alpha value is -4.35. The molecule has 0 unspecified atom stereocenters. The fourth-order valence-corrected chi connectivity index (χ4v) is 4.13. The molecule has 0 bridgehead atoms. The second kappa shape index (κ2) is 8.89. The number of para-hydroxylation sites is 2. The van der Waals surface area contributed by atoms with Crippen LogP contribution in [0, 0.1) is 0 Å². The number of carbonyl (C=O) groups is 1. The number of hydrogen-bond acceptors (Lipinski definition) is 5. The number of benzene rings is 4. The molecular weight excluding hydrogens is 426 g/mol. The average molecular weight is 450 g/mol. The molecule has 1 aliphatic heterocycles. The van der Waals surface area contributed by atoms with Crippen LogP contribution >= 0.6 is 0 Å². The first-order valence-corrected chi connectivity index (χ1v) is 10.9. The number of hydrogen-bond donors (Lipinski definition) is 1. The lowest BCUT2D eigenvalue weighted by Gasteiger charge is -2.29. The summed E-state index contributed by atoms with van der Waals surface area (Å²) < 4.78 is 11.1. The first-order valence-electron chi connectivity index (χ1n) is 10.9. The third-order valence-electron chi connectivity index (χ3n) is 5.80. The normalized spacial score (nSPS) is 18.7. The summed E-state index contributed by atoms with van der Waals surface area (Å²) >= 11 is 0. The monoisotopic (exact) mass is 449 g/mol. The molecule has 4 aromatic rings. The number of cyclic esters (lactones) is 1. The molecule has 1 heterocycles. The van der Waals surface area contributed by atoms with E-state index in [1.807, 2.05) is 83.8 Å². The van der Waals surface area contributed by atoms with Crippen molar-refractivity contribution in [1.29, 1.82) is 0 Å². The van der Waals surface area contributed by atoms with Gasteiger partial charge in [-0.15, -0.1) is 0 Å². The maximum absolute atomic E-state index is 13.7. The predicted octanol–water partition coefficient (Wildman–Crippen LogP) is 5.62. The minimum atomic E-state index is -1.96. The lowest BCUT2D eigenvalue weighted by atomic mass is 9.95. The van der Waals surface area contributed by atoms with Crippen molar-refractivity contribution in [2.45, 2.75) is 5.79 Å². The smallest absolute Gasteiger partial charge is 0.358 e. The van der Waals surface area contributed by atoms with Gasteiger partial charge in [0.15, 0.2) is 0 Å². The summed E-state index contributed by atoms with van der Waals surface area (Å²) in [5, 5.41) is 11.8. The minimum absolute atomic E-state index is 0.274. The van der Waals surface area contributed by atoms with Gasteiger partial charge in [0.25, 0.3) is 5.79 Å². The second-order valence-electron chi connectivity index (χ2n) is 7.89. The Morgan fingerprint density at radius 2 is 1.44 bits per heavy atom. The number of rotatable bonds is 4. The molecule has 168 valence electrons. The van der Waals surface area contributed by atoms with Gasteiger partial charge in [0, 0.05) is 11.3 Å². The van der Waals surface area contributed by atoms with Crippen LogP contribution < -0.4 is 9.64 Å². The third-order valence-corrected chi connectivity index (χ3v) is 5.80. The summed E-state index contributed by atoms with van der Waals surface area (Å²) in [7, 11) is 1.61. The summed E-state index contributed by atoms with van der Waals surface area (Å²) in [4.78, 5) is 15.5. The Balaban J connectivity index is 1.76. The van der Waals surface area contributed by atoms with Crippen LogP contribution in [0.2, 0.25) is 0 Å². The van der Waals surface area contributed by atoms with E-state index in [1.165, 1.54) is 0 Å². The summed E-state index contributed by atoms with van der Waals surface area (Å²) in [6.45, 7) is 0. The molecule has 0 saturated carbocycles. The Bertz CT molecular complexity index is 1330. The van der Waals surface area contributed by atoms with Gasteiger partial charge in [0.1, 0.15) is 11.4 Å². The van der Waals surface area contributed by atoms with E-state index in [1.54, 1.807) is 43.5 Å². The fraction of sp³-hybridized carbons (Fsp3) is 0.0690. The summed E-state index contributed by atoms with van der Waals surface area (Å²) in [6, 6.07) is 33.2. The zero-order valence-corrected chi connectivity index (χ0v) is 18.6. The van der Waals surface area contributed by atoms with Gasteiger partial charge < -0.3 is 19.5 Å². The molecule has 1 atom stereocenters. The number of anilines is 2. The molecule has 5 rings (SSSR count). The number of esters is 1. The highest BCUT2D eigenvalue weighted by molar-refractivity contribution is 6.02. The quantitative estimate of drug-likeness (QED) is 0.323. The lowest BCUT2D eigenvalue weighted by Crippen LogP contribution is -2.32. The highest BCUT2D eigenvalue weighted by atomic mass is 16.7. The maximum atomic E-state index is 13.7. The molecule has 4 aromatic carbocycles. The highest BCUT2D eigenvalue weighted by Crippen LogP contribution is 2.45. The molecule has 0 saturated heterocycles. The molecule has 34 heavy (non-hydrogen) atoms. The topological polar surface area (TPSA) is 59.0 Å². The van der Waals surface area contributed by atoms with Gasteiger partial charge in [0.2, 0.25) is 0 Å². The SMILES string of the molecule is COc1ccc(/C=C2\C(=O)O[C@@](O)(c3ccccc3)c3ccccc3N2c2ccccc2)cc1. The van der Waals surface area contributed by atoms with E-state index in [0.29, 0.717) is 22.6 Å². The van der Waals surface area contributed by atoms with Crippen LogP contribution in [0.25, 0.3) is 6.08 Å². The van der Waals surface area contributed by atoms with E-state index in [2.05, 4.69) is 0 Å². The van der Waals surface area contributed by atoms with E-state index < -0.39 is 11.8 Å². The number of methoxy groups -OCH3 is 1. The summed E-state index contributed by atoms with van der Waals surface area (Å²) in [5.74, 6) is -1.89. The third kappa shape index (κ3) is 3.83. The van der Waals surface area contributed by atoms with Crippen LogP contribution in [0.3, 0.4) is 0 Å². The number of aliphatic hydroxyl groups is 1. The van der Waals surface area contributed by atoms with Gasteiger partial charge in [-0.05, 0) is 48.0 Å². The molecule has 0 radical (unpaired) electrons. The Kier molecular flexibility index (Phi) is 5.62. The van der Waals surface area contributed by atoms with E-state index in [0.717, 1.165) is 11.3 Å². The molecule has 5 heteroatoms. The minimum Gasteiger partial charge on any atom is -0.497 e. The number of fused-ring (bicyclic) bond motifs is 1. The van der Waals surface area contributed by atoms with Crippen LogP contribution in [0.15, 0.2) is 115 Å². The van der Waals surface area contributed by atoms with Crippen LogP contribution in [0.1, 0.15) is 16.7 Å². The number of carbonyl (C=O) groups excluding carboxylic acids is 1. The van der Waals surface area contributed by atoms with Gasteiger partial charge in [-0.3, -0.25) is 0 Å². The van der Waals surface area contributed by atoms with Gasteiger partial charge >= 0.3 is 5.97 Å². The first-order chi connectivity index (χ1) is 16.6. The summed E-state index contributed by atoms with van der Waals surface area (Å²) in [5.41, 5.74) is 3.41. The molecule has 0 spiro atoms. The number of nitrogens with zero attached hydrogens (tertiary/aromatic N) is 1. The molecule has 0 aliphatic carbocycles. The summed E-state index contributed by atoms with van der Waals surface area (Å²) in [6.07, 6.45) is 1.75. The van der Waals surface area contributed by atoms with Crippen molar-refractivity contribution in [2.75, 3.05) is 12.0 Å². The lowest BCUT2D eigenvalue weighted by molar-refractivity contribution is -0.191. The van der Waals surface area contributed by atoms with E-state index >= 15 is 0 Å². The van der Waals surface area contributed by atoms with Crippen LogP contribution in [-0.4, -0.2) is 18.2 Å². The van der Waals surface area contributed by atoms with E-state index in [9.17, 15) is 9.90 Å². The molecule has 0 aromatic heterocycles. The van der Waals surface area contributed by atoms with Gasteiger partial charge in [0.05, 0.1) is 18.4 Å². The van der Waals surface area contributed by atoms with Crippen LogP contribution in [0.5, 0.6) is 5.75 Å². The molecule has 0 amide bonds. The zero-order valence-electron chi connectivity index (χ0n) is 18.6. The van der Waals surface area contributed by atoms with Crippen molar-refractivity contribution in [3.63, 3.8) is 0 Å². The van der Waals surface area contributed by atoms with E-state index in [4.69, 9.17) is 9.47 Å². The van der Waals surface area contributed by atoms with Crippen molar-refractivity contribution >= 4 is 23.4 Å². The van der Waals surface area contributed by atoms with Crippen molar-refractivity contribution in [1.82, 2.24) is 0 Å². The van der Waals surface area contributed by atoms with Gasteiger partial charge in [-0.2, -0.15) is 0 Å². The predicted molar refractivity (Wildman–Crippen MR) is 132 cm³/mol. The van der Waals surface area contributed by atoms with Gasteiger partial charge in [-0.25, -0.2) is 4.79 Å². The molecule has 0 fully saturated rings. The molecule has 1 aliphatic rings. The highest BCUT2D eigenvalue weighted by Gasteiger charge is 2.44. The van der Waals surface area contributed by atoms with E-state index in [-0.39, 0.29) is 5.70 Å². The molecule has 1 N–H and O–H groups in total. The first kappa shape index (κ1) is 21.5. The van der Waals surface area contributed by atoms with Crippen LogP contribution in [0.4, 0.5) is 11.4 Å². The Labute approximate surface area is 198 Å². The van der Waals surface area contributed by atoms with Crippen molar-refractivity contribution in [3.05, 3.63) is 132 Å². The average Bonchev–Trinajstić information content (AvgIpc) is 2.98. The van der Waals surface area contributed by atoms with Crippen LogP contribution in [-0.2, 0) is 15.3 Å². The molecule has 5 nitrogen and oxygen atoms in total. The van der Waals surface area contributed by atoms with Crippen molar-refractivity contribution in [2.24, 2.45) is 0 Å². The Morgan fingerprint density at radius 3 is 2.12 bits per heavy atom. The molecular formula is C29H23NO4. The Morgan fingerprint density at radius 1 is 0.824 bits per heavy atom. The zero-order chi connectivity index (χ0) is 23.5. The second-order valence-corrected chi connectivity index (χ2v) is 7.89. The van der Waals surface area contributed by atoms with Crippen molar-refractivity contribution in [3.8, 4) is 5.75 Å². The number of ether oxygens (including phenoxy) is 2. The van der Waals surface area contributed by atoms with Gasteiger partial charge in [-0.1, -0.05) is 72.8 Å². The largest absolute Gasteiger partial charge is 0.497 e.